The number of piperidine rings is 1. The molecule has 2 amide bonds. The van der Waals surface area contributed by atoms with Crippen molar-refractivity contribution in [3.8, 4) is 11.5 Å². The SMILES string of the molecule is O=C(CCCN1CCC(O)CC1)Nc1cc(Oc2ccc3c(ccn3C(=O)Nc3ccccc3)c2)ccn1.O=C=Nc1ccccc1. The largest absolute Gasteiger partial charge is 0.457 e. The third kappa shape index (κ3) is 9.94. The summed E-state index contributed by atoms with van der Waals surface area (Å²) in [6, 6.07) is 28.8. The predicted octanol–water partition coefficient (Wildman–Crippen LogP) is 6.74. The second kappa shape index (κ2) is 16.6. The Labute approximate surface area is 272 Å². The van der Waals surface area contributed by atoms with Crippen LogP contribution in [0.1, 0.15) is 25.7 Å². The number of benzene rings is 3. The van der Waals surface area contributed by atoms with Crippen molar-refractivity contribution in [3.05, 3.63) is 109 Å². The number of pyridine rings is 1. The zero-order valence-electron chi connectivity index (χ0n) is 25.8. The van der Waals surface area contributed by atoms with E-state index in [-0.39, 0.29) is 18.0 Å². The topological polar surface area (TPSA) is 138 Å². The van der Waals surface area contributed by atoms with Gasteiger partial charge >= 0.3 is 6.03 Å². The van der Waals surface area contributed by atoms with Crippen LogP contribution < -0.4 is 15.4 Å². The van der Waals surface area contributed by atoms with Gasteiger partial charge in [-0.15, -0.1) is 0 Å². The van der Waals surface area contributed by atoms with Gasteiger partial charge in [0, 0.05) is 49.0 Å². The number of isocyanates is 1. The molecule has 1 saturated heterocycles. The van der Waals surface area contributed by atoms with Gasteiger partial charge in [-0.1, -0.05) is 36.4 Å². The van der Waals surface area contributed by atoms with Crippen LogP contribution in [-0.4, -0.2) is 63.3 Å². The van der Waals surface area contributed by atoms with Gasteiger partial charge in [-0.3, -0.25) is 9.36 Å². The summed E-state index contributed by atoms with van der Waals surface area (Å²) in [5.41, 5.74) is 2.13. The monoisotopic (exact) mass is 632 g/mol. The summed E-state index contributed by atoms with van der Waals surface area (Å²) in [7, 11) is 0. The first kappa shape index (κ1) is 32.8. The number of aromatic nitrogens is 2. The van der Waals surface area contributed by atoms with Crippen molar-refractivity contribution in [1.82, 2.24) is 14.5 Å². The molecule has 240 valence electrons. The molecule has 11 heteroatoms. The van der Waals surface area contributed by atoms with Crippen LogP contribution in [0, 0.1) is 0 Å². The van der Waals surface area contributed by atoms with Gasteiger partial charge < -0.3 is 25.4 Å². The molecule has 1 fully saturated rings. The molecule has 5 aromatic rings. The molecule has 1 aliphatic rings. The van der Waals surface area contributed by atoms with Crippen LogP contribution >= 0.6 is 0 Å². The summed E-state index contributed by atoms with van der Waals surface area (Å²) >= 11 is 0. The average molecular weight is 633 g/mol. The lowest BCUT2D eigenvalue weighted by molar-refractivity contribution is -0.116. The molecule has 3 N–H and O–H groups in total. The highest BCUT2D eigenvalue weighted by molar-refractivity contribution is 5.98. The highest BCUT2D eigenvalue weighted by Crippen LogP contribution is 2.27. The number of aliphatic imine (C=N–C) groups is 1. The van der Waals surface area contributed by atoms with Crippen molar-refractivity contribution < 1.29 is 24.2 Å². The van der Waals surface area contributed by atoms with Gasteiger partial charge in [0.25, 0.3) is 0 Å². The molecule has 47 heavy (non-hydrogen) atoms. The summed E-state index contributed by atoms with van der Waals surface area (Å²) in [5.74, 6) is 1.48. The normalized spacial score (nSPS) is 13.1. The number of nitrogens with zero attached hydrogens (tertiary/aromatic N) is 4. The lowest BCUT2D eigenvalue weighted by atomic mass is 10.1. The number of carbonyl (C=O) groups is 2. The van der Waals surface area contributed by atoms with E-state index in [4.69, 9.17) is 4.74 Å². The van der Waals surface area contributed by atoms with Crippen molar-refractivity contribution >= 4 is 46.1 Å². The molecule has 0 unspecified atom stereocenters. The van der Waals surface area contributed by atoms with Gasteiger partial charge in [0.1, 0.15) is 17.3 Å². The van der Waals surface area contributed by atoms with Crippen molar-refractivity contribution in [3.63, 3.8) is 0 Å². The van der Waals surface area contributed by atoms with Gasteiger partial charge in [0.15, 0.2) is 0 Å². The molecule has 11 nitrogen and oxygen atoms in total. The Morgan fingerprint density at radius 2 is 1.64 bits per heavy atom. The number of fused-ring (bicyclic) bond motifs is 1. The molecule has 6 rings (SSSR count). The number of likely N-dealkylation sites (tertiary alicyclic amines) is 1. The summed E-state index contributed by atoms with van der Waals surface area (Å²) in [4.78, 5) is 44.7. The van der Waals surface area contributed by atoms with Gasteiger partial charge in [-0.25, -0.2) is 14.6 Å². The zero-order chi connectivity index (χ0) is 32.8. The third-order valence-corrected chi connectivity index (χ3v) is 7.51. The molecule has 3 heterocycles. The molecule has 0 spiro atoms. The van der Waals surface area contributed by atoms with Gasteiger partial charge in [-0.2, -0.15) is 4.99 Å². The first-order chi connectivity index (χ1) is 23.0. The number of nitrogens with one attached hydrogen (secondary N) is 2. The molecular weight excluding hydrogens is 596 g/mol. The Bertz CT molecular complexity index is 1810. The van der Waals surface area contributed by atoms with E-state index in [1.54, 1.807) is 47.3 Å². The number of hydrogen-bond donors (Lipinski definition) is 3. The van der Waals surface area contributed by atoms with E-state index in [2.05, 4.69) is 25.5 Å². The van der Waals surface area contributed by atoms with Crippen LogP contribution in [0.25, 0.3) is 10.9 Å². The Hall–Kier alpha value is -5.61. The molecular formula is C36H36N6O5. The fraction of sp³-hybridized carbons (Fsp3) is 0.222. The van der Waals surface area contributed by atoms with Crippen molar-refractivity contribution in [2.45, 2.75) is 31.8 Å². The molecule has 1 aliphatic heterocycles. The maximum Gasteiger partial charge on any atom is 0.330 e. The van der Waals surface area contributed by atoms with E-state index in [9.17, 15) is 19.5 Å². The summed E-state index contributed by atoms with van der Waals surface area (Å²) in [6.07, 6.45) is 7.33. The molecule has 0 atom stereocenters. The zero-order valence-corrected chi connectivity index (χ0v) is 25.8. The minimum Gasteiger partial charge on any atom is -0.457 e. The first-order valence-corrected chi connectivity index (χ1v) is 15.4. The maximum atomic E-state index is 12.7. The van der Waals surface area contributed by atoms with Crippen LogP contribution in [-0.2, 0) is 9.59 Å². The van der Waals surface area contributed by atoms with Gasteiger partial charge in [0.2, 0.25) is 12.0 Å². The summed E-state index contributed by atoms with van der Waals surface area (Å²) < 4.78 is 7.57. The fourth-order valence-corrected chi connectivity index (χ4v) is 5.11. The summed E-state index contributed by atoms with van der Waals surface area (Å²) in [5, 5.41) is 16.2. The van der Waals surface area contributed by atoms with Crippen LogP contribution in [0.5, 0.6) is 11.5 Å². The van der Waals surface area contributed by atoms with Gasteiger partial charge in [-0.05, 0) is 80.4 Å². The second-order valence-corrected chi connectivity index (χ2v) is 10.9. The number of rotatable bonds is 9. The van der Waals surface area contributed by atoms with Gasteiger partial charge in [0.05, 0.1) is 17.3 Å². The maximum absolute atomic E-state index is 12.7. The third-order valence-electron chi connectivity index (χ3n) is 7.51. The average Bonchev–Trinajstić information content (AvgIpc) is 3.51. The Balaban J connectivity index is 0.000000417. The van der Waals surface area contributed by atoms with Crippen LogP contribution in [0.3, 0.4) is 0 Å². The number of amides is 2. The standard InChI is InChI=1S/C29H31N5O4.C7H5NO/c35-23-12-16-33(17-13-23)15-4-7-28(36)32-27-20-25(10-14-30-27)38-24-8-9-26-21(19-24)11-18-34(26)29(37)31-22-5-2-1-3-6-22;9-6-8-7-4-2-1-3-5-7/h1-3,5-6,8-11,14,18-20,23,35H,4,7,12-13,15-17H2,(H,31,37)(H,30,32,36);1-5H. The Kier molecular flexibility index (Phi) is 11.6. The number of anilines is 2. The molecule has 0 bridgehead atoms. The number of aliphatic hydroxyl groups is 1. The molecule has 0 aliphatic carbocycles. The van der Waals surface area contributed by atoms with Crippen LogP contribution in [0.4, 0.5) is 22.0 Å². The number of hydrogen-bond acceptors (Lipinski definition) is 8. The van der Waals surface area contributed by atoms with Crippen molar-refractivity contribution in [1.29, 1.82) is 0 Å². The molecule has 0 radical (unpaired) electrons. The Morgan fingerprint density at radius 3 is 2.38 bits per heavy atom. The van der Waals surface area contributed by atoms with E-state index < -0.39 is 0 Å². The van der Waals surface area contributed by atoms with E-state index in [0.717, 1.165) is 55.5 Å². The number of para-hydroxylation sites is 2. The minimum absolute atomic E-state index is 0.0942. The summed E-state index contributed by atoms with van der Waals surface area (Å²) in [6.45, 7) is 2.59. The minimum atomic E-state index is -0.246. The smallest absolute Gasteiger partial charge is 0.330 e. The Morgan fingerprint density at radius 1 is 0.915 bits per heavy atom. The van der Waals surface area contributed by atoms with Crippen molar-refractivity contribution in [2.24, 2.45) is 4.99 Å². The molecule has 3 aromatic carbocycles. The fourth-order valence-electron chi connectivity index (χ4n) is 5.11. The molecule has 2 aromatic heterocycles. The highest BCUT2D eigenvalue weighted by Gasteiger charge is 2.17. The number of ether oxygens (including phenoxy) is 1. The lowest BCUT2D eigenvalue weighted by Crippen LogP contribution is -2.36. The number of aliphatic hydroxyl groups excluding tert-OH is 1. The quantitative estimate of drug-likeness (QED) is 0.121. The molecule has 0 saturated carbocycles. The first-order valence-electron chi connectivity index (χ1n) is 15.4. The van der Waals surface area contributed by atoms with Crippen molar-refractivity contribution in [2.75, 3.05) is 30.3 Å². The lowest BCUT2D eigenvalue weighted by Gasteiger charge is -2.29. The second-order valence-electron chi connectivity index (χ2n) is 10.9. The van der Waals surface area contributed by atoms with E-state index in [1.165, 1.54) is 6.08 Å². The highest BCUT2D eigenvalue weighted by atomic mass is 16.5. The predicted molar refractivity (Wildman–Crippen MR) is 181 cm³/mol. The van der Waals surface area contributed by atoms with Crippen LogP contribution in [0.2, 0.25) is 0 Å². The van der Waals surface area contributed by atoms with E-state index >= 15 is 0 Å². The number of carbonyl (C=O) groups excluding carboxylic acids is 3. The van der Waals surface area contributed by atoms with E-state index in [0.29, 0.717) is 29.4 Å². The van der Waals surface area contributed by atoms with Crippen LogP contribution in [0.15, 0.2) is 114 Å². The van der Waals surface area contributed by atoms with E-state index in [1.807, 2.05) is 66.7 Å².